The maximum absolute atomic E-state index is 13.5. The number of allylic oxidation sites excluding steroid dienone is 1. The number of halogens is 1. The maximum atomic E-state index is 13.5. The van der Waals surface area contributed by atoms with Crippen LogP contribution in [0, 0.1) is 5.82 Å². The Balaban J connectivity index is 2.71. The van der Waals surface area contributed by atoms with Crippen LogP contribution in [0.5, 0.6) is 0 Å². The third-order valence-electron chi connectivity index (χ3n) is 2.58. The first kappa shape index (κ1) is 11.8. The van der Waals surface area contributed by atoms with E-state index in [4.69, 9.17) is 0 Å². The molecule has 1 aliphatic rings. The Labute approximate surface area is 97.6 Å². The van der Waals surface area contributed by atoms with E-state index in [-0.39, 0.29) is 20.9 Å². The van der Waals surface area contributed by atoms with Crippen LogP contribution < -0.4 is 0 Å². The Morgan fingerprint density at radius 2 is 2.00 bits per heavy atom. The number of ether oxygens (including phenoxy) is 1. The van der Waals surface area contributed by atoms with Crippen molar-refractivity contribution in [3.05, 3.63) is 34.0 Å². The van der Waals surface area contributed by atoms with Crippen LogP contribution in [-0.2, 0) is 14.6 Å². The van der Waals surface area contributed by atoms with Crippen molar-refractivity contribution < 1.29 is 22.3 Å². The smallest absolute Gasteiger partial charge is 0.340 e. The fourth-order valence-corrected chi connectivity index (χ4v) is 2.98. The van der Waals surface area contributed by atoms with E-state index in [1.165, 1.54) is 13.0 Å². The van der Waals surface area contributed by atoms with Gasteiger partial charge in [0.1, 0.15) is 5.82 Å². The number of hydrogen-bond acceptors (Lipinski definition) is 4. The molecule has 0 fully saturated rings. The standard InChI is InChI=1S/C11H9FO4S/c1-6-3-7-4-9(12)8(11(13)16-2)5-10(7)17(6,14)15/h3-5H,1-2H3. The number of sulfone groups is 1. The maximum Gasteiger partial charge on any atom is 0.340 e. The van der Waals surface area contributed by atoms with Gasteiger partial charge in [-0.05, 0) is 30.7 Å². The highest BCUT2D eigenvalue weighted by atomic mass is 32.2. The lowest BCUT2D eigenvalue weighted by Gasteiger charge is -2.05. The summed E-state index contributed by atoms with van der Waals surface area (Å²) in [7, 11) is -2.47. The van der Waals surface area contributed by atoms with Crippen LogP contribution >= 0.6 is 0 Å². The van der Waals surface area contributed by atoms with Crippen molar-refractivity contribution in [3.8, 4) is 0 Å². The van der Waals surface area contributed by atoms with Crippen LogP contribution in [0.3, 0.4) is 0 Å². The quantitative estimate of drug-likeness (QED) is 0.567. The third-order valence-corrected chi connectivity index (χ3v) is 4.48. The van der Waals surface area contributed by atoms with E-state index in [0.717, 1.165) is 19.2 Å². The lowest BCUT2D eigenvalue weighted by atomic mass is 10.1. The van der Waals surface area contributed by atoms with Gasteiger partial charge in [-0.3, -0.25) is 0 Å². The monoisotopic (exact) mass is 256 g/mol. The molecule has 1 aliphatic heterocycles. The molecule has 0 radical (unpaired) electrons. The molecule has 0 aromatic heterocycles. The van der Waals surface area contributed by atoms with Crippen molar-refractivity contribution >= 4 is 21.9 Å². The summed E-state index contributed by atoms with van der Waals surface area (Å²) >= 11 is 0. The summed E-state index contributed by atoms with van der Waals surface area (Å²) in [5.74, 6) is -1.69. The Morgan fingerprint density at radius 3 is 2.59 bits per heavy atom. The van der Waals surface area contributed by atoms with Crippen LogP contribution in [0.1, 0.15) is 22.8 Å². The third kappa shape index (κ3) is 1.64. The second kappa shape index (κ2) is 3.66. The van der Waals surface area contributed by atoms with Crippen molar-refractivity contribution in [2.45, 2.75) is 11.8 Å². The van der Waals surface area contributed by atoms with E-state index in [2.05, 4.69) is 4.74 Å². The van der Waals surface area contributed by atoms with Crippen molar-refractivity contribution in [2.75, 3.05) is 7.11 Å². The minimum absolute atomic E-state index is 0.0585. The van der Waals surface area contributed by atoms with Gasteiger partial charge in [0.25, 0.3) is 0 Å². The number of esters is 1. The van der Waals surface area contributed by atoms with Crippen LogP contribution in [0.2, 0.25) is 0 Å². The molecule has 0 saturated heterocycles. The summed E-state index contributed by atoms with van der Waals surface area (Å²) in [6.45, 7) is 1.42. The number of fused-ring (bicyclic) bond motifs is 1. The number of carbonyl (C=O) groups is 1. The molecule has 90 valence electrons. The van der Waals surface area contributed by atoms with Gasteiger partial charge in [0.2, 0.25) is 9.84 Å². The van der Waals surface area contributed by atoms with Crippen LogP contribution in [0.4, 0.5) is 4.39 Å². The van der Waals surface area contributed by atoms with Crippen molar-refractivity contribution in [1.82, 2.24) is 0 Å². The van der Waals surface area contributed by atoms with Gasteiger partial charge in [-0.2, -0.15) is 0 Å². The zero-order valence-electron chi connectivity index (χ0n) is 9.15. The molecule has 1 aromatic carbocycles. The van der Waals surface area contributed by atoms with Gasteiger partial charge in [0, 0.05) is 4.91 Å². The van der Waals surface area contributed by atoms with Crippen LogP contribution in [0.25, 0.3) is 6.08 Å². The van der Waals surface area contributed by atoms with Gasteiger partial charge < -0.3 is 4.74 Å². The number of hydrogen-bond donors (Lipinski definition) is 0. The van der Waals surface area contributed by atoms with Crippen LogP contribution in [0.15, 0.2) is 21.9 Å². The molecule has 6 heteroatoms. The Hall–Kier alpha value is -1.69. The predicted molar refractivity (Wildman–Crippen MR) is 58.6 cm³/mol. The van der Waals surface area contributed by atoms with Crippen LogP contribution in [-0.4, -0.2) is 21.5 Å². The fraction of sp³-hybridized carbons (Fsp3) is 0.182. The molecule has 4 nitrogen and oxygen atoms in total. The molecule has 0 spiro atoms. The van der Waals surface area contributed by atoms with E-state index in [1.807, 2.05) is 0 Å². The van der Waals surface area contributed by atoms with Gasteiger partial charge in [0.15, 0.2) is 0 Å². The fourth-order valence-electron chi connectivity index (χ4n) is 1.65. The van der Waals surface area contributed by atoms with Gasteiger partial charge in [0.05, 0.1) is 17.6 Å². The molecular weight excluding hydrogens is 247 g/mol. The predicted octanol–water partition coefficient (Wildman–Crippen LogP) is 1.76. The molecule has 17 heavy (non-hydrogen) atoms. The average Bonchev–Trinajstić information content (AvgIpc) is 2.48. The first-order valence-corrected chi connectivity index (χ1v) is 6.21. The van der Waals surface area contributed by atoms with Crippen molar-refractivity contribution in [1.29, 1.82) is 0 Å². The van der Waals surface area contributed by atoms with E-state index in [0.29, 0.717) is 0 Å². The summed E-state index contributed by atoms with van der Waals surface area (Å²) in [6.07, 6.45) is 1.37. The van der Waals surface area contributed by atoms with Crippen molar-refractivity contribution in [3.63, 3.8) is 0 Å². The number of rotatable bonds is 1. The van der Waals surface area contributed by atoms with Gasteiger partial charge in [-0.15, -0.1) is 0 Å². The Kier molecular flexibility index (Phi) is 2.54. The summed E-state index contributed by atoms with van der Waals surface area (Å²) in [6, 6.07) is 2.04. The SMILES string of the molecule is COC(=O)c1cc2c(cc1F)C=C(C)S2(=O)=O. The Morgan fingerprint density at radius 1 is 1.35 bits per heavy atom. The van der Waals surface area contributed by atoms with Crippen molar-refractivity contribution in [2.24, 2.45) is 0 Å². The highest BCUT2D eigenvalue weighted by molar-refractivity contribution is 7.95. The highest BCUT2D eigenvalue weighted by Crippen LogP contribution is 2.34. The molecule has 0 unspecified atom stereocenters. The van der Waals surface area contributed by atoms with E-state index in [1.54, 1.807) is 0 Å². The average molecular weight is 256 g/mol. The number of methoxy groups -OCH3 is 1. The van der Waals surface area contributed by atoms with Gasteiger partial charge in [-0.1, -0.05) is 0 Å². The lowest BCUT2D eigenvalue weighted by molar-refractivity contribution is 0.0595. The van der Waals surface area contributed by atoms with E-state index < -0.39 is 21.6 Å². The first-order chi connectivity index (χ1) is 7.87. The van der Waals surface area contributed by atoms with E-state index in [9.17, 15) is 17.6 Å². The summed E-state index contributed by atoms with van der Waals surface area (Å²) in [4.78, 5) is 11.3. The molecule has 0 bridgehead atoms. The van der Waals surface area contributed by atoms with Gasteiger partial charge >= 0.3 is 5.97 Å². The Bertz CT molecular complexity index is 644. The number of carbonyl (C=O) groups excluding carboxylic acids is 1. The number of benzene rings is 1. The zero-order chi connectivity index (χ0) is 12.8. The summed E-state index contributed by atoms with van der Waals surface area (Å²) in [5.41, 5.74) is -0.120. The molecule has 2 rings (SSSR count). The normalized spacial score (nSPS) is 16.3. The second-order valence-corrected chi connectivity index (χ2v) is 5.71. The minimum Gasteiger partial charge on any atom is -0.465 e. The zero-order valence-corrected chi connectivity index (χ0v) is 9.97. The van der Waals surface area contributed by atoms with Gasteiger partial charge in [-0.25, -0.2) is 17.6 Å². The molecule has 0 amide bonds. The highest BCUT2D eigenvalue weighted by Gasteiger charge is 2.29. The summed E-state index contributed by atoms with van der Waals surface area (Å²) < 4.78 is 41.5. The topological polar surface area (TPSA) is 60.4 Å². The summed E-state index contributed by atoms with van der Waals surface area (Å²) in [5, 5.41) is 0. The molecular formula is C11H9FO4S. The molecule has 0 saturated carbocycles. The first-order valence-electron chi connectivity index (χ1n) is 4.73. The minimum atomic E-state index is -3.58. The molecule has 0 N–H and O–H groups in total. The largest absolute Gasteiger partial charge is 0.465 e. The second-order valence-electron chi connectivity index (χ2n) is 3.62. The molecule has 0 aliphatic carbocycles. The molecule has 1 aromatic rings. The molecule has 1 heterocycles. The van der Waals surface area contributed by atoms with E-state index >= 15 is 0 Å². The lowest BCUT2D eigenvalue weighted by Crippen LogP contribution is -2.07. The molecule has 0 atom stereocenters.